The molecule has 2 aliphatic heterocycles. The fourth-order valence-corrected chi connectivity index (χ4v) is 6.73. The van der Waals surface area contributed by atoms with Crippen molar-refractivity contribution in [2.75, 3.05) is 6.61 Å². The van der Waals surface area contributed by atoms with Crippen LogP contribution in [0, 0.1) is 16.7 Å². The van der Waals surface area contributed by atoms with Crippen molar-refractivity contribution in [1.29, 1.82) is 0 Å². The standard InChI is InChI=1S/C26H38O8/c1-14-5-8-18-25(2,3)19(34-24-22(30)21(29)20(28)17(13-27)33-24)9-11-26(18,4)16(14)7-6-15-10-12-32-23(15)31/h6,10,12,17-22,24,27-30H,5,7-9,11,13H2,1-4H3. The molecule has 190 valence electrons. The van der Waals surface area contributed by atoms with Crippen LogP contribution in [0.5, 0.6) is 0 Å². The van der Waals surface area contributed by atoms with Crippen LogP contribution >= 0.6 is 0 Å². The van der Waals surface area contributed by atoms with E-state index in [9.17, 15) is 25.2 Å². The smallest absolute Gasteiger partial charge is 0.342 e. The molecular formula is C26H38O8. The van der Waals surface area contributed by atoms with Crippen molar-refractivity contribution >= 4 is 5.97 Å². The molecule has 1 saturated carbocycles. The summed E-state index contributed by atoms with van der Waals surface area (Å²) in [7, 11) is 0. The third kappa shape index (κ3) is 4.29. The Kier molecular flexibility index (Phi) is 7.12. The molecule has 0 aromatic carbocycles. The lowest BCUT2D eigenvalue weighted by molar-refractivity contribution is -0.325. The molecular weight excluding hydrogens is 440 g/mol. The summed E-state index contributed by atoms with van der Waals surface area (Å²) < 4.78 is 16.8. The van der Waals surface area contributed by atoms with E-state index >= 15 is 0 Å². The average molecular weight is 479 g/mol. The van der Waals surface area contributed by atoms with Gasteiger partial charge in [-0.1, -0.05) is 38.0 Å². The maximum Gasteiger partial charge on any atom is 0.342 e. The van der Waals surface area contributed by atoms with E-state index in [0.29, 0.717) is 17.9 Å². The van der Waals surface area contributed by atoms with Crippen LogP contribution in [-0.4, -0.2) is 69.8 Å². The number of allylic oxidation sites excluding steroid dienone is 3. The van der Waals surface area contributed by atoms with E-state index in [4.69, 9.17) is 14.2 Å². The van der Waals surface area contributed by atoms with Crippen LogP contribution < -0.4 is 0 Å². The molecule has 1 saturated heterocycles. The molecule has 0 spiro atoms. The van der Waals surface area contributed by atoms with Crippen LogP contribution in [0.25, 0.3) is 0 Å². The monoisotopic (exact) mass is 478 g/mol. The van der Waals surface area contributed by atoms with Gasteiger partial charge in [0.25, 0.3) is 0 Å². The minimum atomic E-state index is -1.45. The molecule has 0 radical (unpaired) electrons. The van der Waals surface area contributed by atoms with Crippen LogP contribution in [0.4, 0.5) is 0 Å². The molecule has 4 rings (SSSR count). The minimum absolute atomic E-state index is 0.0651. The van der Waals surface area contributed by atoms with E-state index in [1.165, 1.54) is 17.4 Å². The molecule has 4 N–H and O–H groups in total. The van der Waals surface area contributed by atoms with Gasteiger partial charge in [0, 0.05) is 0 Å². The number of hydrogen-bond donors (Lipinski definition) is 4. The van der Waals surface area contributed by atoms with E-state index in [0.717, 1.165) is 25.7 Å². The van der Waals surface area contributed by atoms with Crippen molar-refractivity contribution in [2.24, 2.45) is 16.7 Å². The number of carbonyl (C=O) groups is 1. The number of ether oxygens (including phenoxy) is 3. The number of aliphatic hydroxyl groups is 4. The Morgan fingerprint density at radius 2 is 1.88 bits per heavy atom. The van der Waals surface area contributed by atoms with Gasteiger partial charge in [-0.05, 0) is 61.9 Å². The number of aliphatic hydroxyl groups excluding tert-OH is 4. The molecule has 2 heterocycles. The summed E-state index contributed by atoms with van der Waals surface area (Å²) in [5.41, 5.74) is 2.99. The molecule has 2 fully saturated rings. The van der Waals surface area contributed by atoms with Gasteiger partial charge >= 0.3 is 5.97 Å². The lowest BCUT2D eigenvalue weighted by atomic mass is 9.49. The Morgan fingerprint density at radius 3 is 2.53 bits per heavy atom. The minimum Gasteiger partial charge on any atom is -0.431 e. The lowest BCUT2D eigenvalue weighted by Gasteiger charge is -2.58. The van der Waals surface area contributed by atoms with Crippen LogP contribution in [0.15, 0.2) is 35.1 Å². The van der Waals surface area contributed by atoms with Crippen LogP contribution in [-0.2, 0) is 19.0 Å². The zero-order valence-electron chi connectivity index (χ0n) is 20.4. The van der Waals surface area contributed by atoms with Crippen LogP contribution in [0.2, 0.25) is 0 Å². The zero-order valence-corrected chi connectivity index (χ0v) is 20.4. The molecule has 8 nitrogen and oxygen atoms in total. The number of fused-ring (bicyclic) bond motifs is 1. The number of hydrogen-bond acceptors (Lipinski definition) is 8. The number of rotatable bonds is 5. The van der Waals surface area contributed by atoms with Crippen molar-refractivity contribution < 1.29 is 39.4 Å². The first kappa shape index (κ1) is 25.5. The van der Waals surface area contributed by atoms with Gasteiger partial charge in [0.15, 0.2) is 6.29 Å². The van der Waals surface area contributed by atoms with Crippen molar-refractivity contribution in [3.8, 4) is 0 Å². The maximum atomic E-state index is 11.9. The zero-order chi connectivity index (χ0) is 24.8. The Balaban J connectivity index is 1.53. The summed E-state index contributed by atoms with van der Waals surface area (Å²) in [5, 5.41) is 40.2. The number of carbonyl (C=O) groups excluding carboxylic acids is 1. The highest BCUT2D eigenvalue weighted by Gasteiger charge is 2.56. The molecule has 8 heteroatoms. The SMILES string of the molecule is CC1=C(CC=C2C=COC2=O)C2(C)CCC(OC3OC(CO)C(O)C(O)C3O)C(C)(C)C2CC1. The second-order valence-electron chi connectivity index (χ2n) is 11.0. The van der Waals surface area contributed by atoms with Gasteiger partial charge < -0.3 is 34.6 Å². The predicted octanol–water partition coefficient (Wildman–Crippen LogP) is 2.11. The van der Waals surface area contributed by atoms with Gasteiger partial charge in [-0.2, -0.15) is 0 Å². The number of esters is 1. The molecule has 4 aliphatic rings. The van der Waals surface area contributed by atoms with Gasteiger partial charge in [-0.15, -0.1) is 0 Å². The third-order valence-corrected chi connectivity index (χ3v) is 8.77. The van der Waals surface area contributed by atoms with E-state index in [1.807, 2.05) is 6.08 Å². The van der Waals surface area contributed by atoms with E-state index in [-0.39, 0.29) is 22.9 Å². The van der Waals surface area contributed by atoms with E-state index in [2.05, 4.69) is 27.7 Å². The predicted molar refractivity (Wildman–Crippen MR) is 123 cm³/mol. The largest absolute Gasteiger partial charge is 0.431 e. The second-order valence-corrected chi connectivity index (χ2v) is 11.0. The molecule has 0 bridgehead atoms. The van der Waals surface area contributed by atoms with E-state index < -0.39 is 37.3 Å². The quantitative estimate of drug-likeness (QED) is 0.269. The summed E-state index contributed by atoms with van der Waals surface area (Å²) in [6, 6.07) is 0. The first-order chi connectivity index (χ1) is 16.0. The first-order valence-corrected chi connectivity index (χ1v) is 12.2. The molecule has 0 aromatic heterocycles. The fourth-order valence-electron chi connectivity index (χ4n) is 6.73. The summed E-state index contributed by atoms with van der Waals surface area (Å²) in [4.78, 5) is 11.9. The molecule has 2 aliphatic carbocycles. The Labute approximate surface area is 200 Å². The summed E-state index contributed by atoms with van der Waals surface area (Å²) in [6.07, 6.45) is 2.73. The van der Waals surface area contributed by atoms with Crippen LogP contribution in [0.1, 0.15) is 59.8 Å². The van der Waals surface area contributed by atoms with Gasteiger partial charge in [0.05, 0.1) is 24.5 Å². The molecule has 8 unspecified atom stereocenters. The first-order valence-electron chi connectivity index (χ1n) is 12.2. The van der Waals surface area contributed by atoms with Gasteiger partial charge in [0.2, 0.25) is 0 Å². The Bertz CT molecular complexity index is 887. The summed E-state index contributed by atoms with van der Waals surface area (Å²) in [6.45, 7) is 8.37. The van der Waals surface area contributed by atoms with Crippen molar-refractivity contribution in [3.05, 3.63) is 35.1 Å². The van der Waals surface area contributed by atoms with Gasteiger partial charge in [0.1, 0.15) is 24.4 Å². The summed E-state index contributed by atoms with van der Waals surface area (Å²) >= 11 is 0. The van der Waals surface area contributed by atoms with Crippen molar-refractivity contribution in [1.82, 2.24) is 0 Å². The fraction of sp³-hybridized carbons (Fsp3) is 0.731. The third-order valence-electron chi connectivity index (χ3n) is 8.77. The number of cyclic esters (lactones) is 1. The highest BCUT2D eigenvalue weighted by Crippen LogP contribution is 2.61. The topological polar surface area (TPSA) is 126 Å². The maximum absolute atomic E-state index is 11.9. The average Bonchev–Trinajstić information content (AvgIpc) is 3.19. The molecule has 0 amide bonds. The summed E-state index contributed by atoms with van der Waals surface area (Å²) in [5.74, 6) is -0.0143. The van der Waals surface area contributed by atoms with Crippen LogP contribution in [0.3, 0.4) is 0 Å². The lowest BCUT2D eigenvalue weighted by Crippen LogP contribution is -2.61. The van der Waals surface area contributed by atoms with E-state index in [1.54, 1.807) is 6.08 Å². The normalized spacial score (nSPS) is 43.2. The Morgan fingerprint density at radius 1 is 1.15 bits per heavy atom. The molecule has 34 heavy (non-hydrogen) atoms. The molecule has 0 aromatic rings. The second kappa shape index (κ2) is 9.48. The highest BCUT2D eigenvalue weighted by atomic mass is 16.7. The van der Waals surface area contributed by atoms with Gasteiger partial charge in [-0.25, -0.2) is 4.79 Å². The van der Waals surface area contributed by atoms with Crippen molar-refractivity contribution in [3.63, 3.8) is 0 Å². The van der Waals surface area contributed by atoms with Gasteiger partial charge in [-0.3, -0.25) is 0 Å². The van der Waals surface area contributed by atoms with Crippen molar-refractivity contribution in [2.45, 2.75) is 96.6 Å². The highest BCUT2D eigenvalue weighted by molar-refractivity contribution is 5.94. The molecule has 8 atom stereocenters. The Hall–Kier alpha value is -1.55.